The van der Waals surface area contributed by atoms with E-state index < -0.39 is 0 Å². The number of nitrogens with zero attached hydrogens (tertiary/aromatic N) is 2. The van der Waals surface area contributed by atoms with E-state index in [9.17, 15) is 0 Å². The molecule has 3 nitrogen and oxygen atoms in total. The van der Waals surface area contributed by atoms with Crippen molar-refractivity contribution < 1.29 is 56.5 Å². The Balaban J connectivity index is -0.000000249. The minimum Gasteiger partial charge on any atom is -0.664 e. The second-order valence-corrected chi connectivity index (χ2v) is 2.09. The normalized spacial score (nSPS) is 11.2. The molecule has 0 unspecified atom stereocenters. The monoisotopic (exact) mass is 199 g/mol. The van der Waals surface area contributed by atoms with Crippen LogP contribution in [0, 0.1) is 7.05 Å². The van der Waals surface area contributed by atoms with Crippen LogP contribution < -0.4 is 51.4 Å². The molecule has 0 aliphatic heterocycles. The summed E-state index contributed by atoms with van der Waals surface area (Å²) in [6.07, 6.45) is 0. The number of aliphatic hydroxyl groups excluding tert-OH is 1. The molecule has 1 atom stereocenters. The van der Waals surface area contributed by atoms with Crippen molar-refractivity contribution >= 4 is 0 Å². The predicted molar refractivity (Wildman–Crippen MR) is 49.5 cm³/mol. The summed E-state index contributed by atoms with van der Waals surface area (Å²) in [5, 5.41) is 12.6. The Hall–Kier alpha value is 1.52. The van der Waals surface area contributed by atoms with Crippen molar-refractivity contribution in [2.24, 2.45) is 0 Å². The molecule has 0 bridgehead atoms. The van der Waals surface area contributed by atoms with Crippen molar-refractivity contribution in [3.63, 3.8) is 0 Å². The first-order valence-electron chi connectivity index (χ1n) is 3.92. The van der Waals surface area contributed by atoms with Crippen LogP contribution >= 0.6 is 0 Å². The minimum atomic E-state index is 0. The predicted octanol–water partition coefficient (Wildman–Crippen LogP) is -1.90. The molecule has 0 heterocycles. The summed E-state index contributed by atoms with van der Waals surface area (Å²) < 4.78 is 0. The first kappa shape index (κ1) is 19.1. The van der Waals surface area contributed by atoms with E-state index in [1.54, 1.807) is 11.9 Å². The Morgan fingerprint density at radius 2 is 1.92 bits per heavy atom. The smallest absolute Gasteiger partial charge is 0.664 e. The van der Waals surface area contributed by atoms with E-state index in [2.05, 4.69) is 12.4 Å². The molecule has 0 aromatic rings. The zero-order chi connectivity index (χ0) is 9.28. The van der Waals surface area contributed by atoms with Crippen LogP contribution in [0.2, 0.25) is 0 Å². The molecule has 4 heteroatoms. The van der Waals surface area contributed by atoms with E-state index >= 15 is 0 Å². The van der Waals surface area contributed by atoms with Crippen molar-refractivity contribution in [1.82, 2.24) is 4.90 Å². The summed E-state index contributed by atoms with van der Waals surface area (Å²) >= 11 is 0. The molecule has 0 saturated carbocycles. The summed E-state index contributed by atoms with van der Waals surface area (Å²) in [5.74, 6) is 0. The molecule has 0 rings (SSSR count). The molecule has 70 valence electrons. The summed E-state index contributed by atoms with van der Waals surface area (Å²) in [7, 11) is 7.20. The third kappa shape index (κ3) is 11.5. The zero-order valence-electron chi connectivity index (χ0n) is 9.04. The average Bonchev–Trinajstić information content (AvgIpc) is 2.03. The van der Waals surface area contributed by atoms with Crippen molar-refractivity contribution in [2.45, 2.75) is 19.9 Å². The van der Waals surface area contributed by atoms with Crippen molar-refractivity contribution in [3.8, 4) is 0 Å². The Morgan fingerprint density at radius 1 is 1.50 bits per heavy atom. The van der Waals surface area contributed by atoms with E-state index in [0.29, 0.717) is 6.54 Å². The topological polar surface area (TPSA) is 37.6 Å². The third-order valence-electron chi connectivity index (χ3n) is 1.23. The van der Waals surface area contributed by atoms with Gasteiger partial charge in [-0.2, -0.15) is 7.05 Å². The van der Waals surface area contributed by atoms with Gasteiger partial charge in [0.15, 0.2) is 0 Å². The van der Waals surface area contributed by atoms with Gasteiger partial charge in [-0.1, -0.05) is 13.8 Å². The van der Waals surface area contributed by atoms with Gasteiger partial charge in [-0.05, 0) is 13.1 Å². The Bertz CT molecular complexity index is 72.1. The van der Waals surface area contributed by atoms with Gasteiger partial charge in [0.1, 0.15) is 0 Å². The number of likely N-dealkylation sites (N-methyl/N-ethyl adjacent to an activating group) is 2. The zero-order valence-corrected chi connectivity index (χ0v) is 12.2. The first-order chi connectivity index (χ1) is 5.22. The minimum absolute atomic E-state index is 0. The number of rotatable bonds is 4. The fraction of sp³-hybridized carbons (Fsp3) is 0.875. The van der Waals surface area contributed by atoms with E-state index in [-0.39, 0.29) is 64.0 Å². The van der Waals surface area contributed by atoms with Crippen molar-refractivity contribution in [2.75, 3.05) is 27.2 Å². The Labute approximate surface area is 119 Å². The van der Waals surface area contributed by atoms with Gasteiger partial charge in [0.2, 0.25) is 0 Å². The second kappa shape index (κ2) is 15.0. The van der Waals surface area contributed by atoms with Crippen LogP contribution in [-0.2, 0) is 0 Å². The van der Waals surface area contributed by atoms with Gasteiger partial charge in [-0.25, -0.2) is 0 Å². The molecule has 0 fully saturated rings. The first-order valence-corrected chi connectivity index (χ1v) is 3.92. The van der Waals surface area contributed by atoms with Crippen LogP contribution in [0.15, 0.2) is 0 Å². The van der Waals surface area contributed by atoms with Gasteiger partial charge in [-0.15, -0.1) is 6.54 Å². The Kier molecular flexibility index (Phi) is 23.9. The summed E-state index contributed by atoms with van der Waals surface area (Å²) in [6.45, 7) is 4.77. The molecular formula is C8H20KN2O-. The maximum absolute atomic E-state index is 8.69. The van der Waals surface area contributed by atoms with Gasteiger partial charge in [0.25, 0.3) is 0 Å². The van der Waals surface area contributed by atoms with Gasteiger partial charge in [0, 0.05) is 0 Å². The van der Waals surface area contributed by atoms with Gasteiger partial charge in [-0.3, -0.25) is 7.05 Å². The third-order valence-corrected chi connectivity index (χ3v) is 1.23. The van der Waals surface area contributed by atoms with E-state index in [1.165, 1.54) is 0 Å². The maximum Gasteiger partial charge on any atom is 1.00 e. The number of hydrogen-bond acceptors (Lipinski definition) is 2. The van der Waals surface area contributed by atoms with Crippen LogP contribution in [0.5, 0.6) is 0 Å². The van der Waals surface area contributed by atoms with Crippen molar-refractivity contribution in [3.05, 3.63) is 12.4 Å². The van der Waals surface area contributed by atoms with Crippen LogP contribution in [0.1, 0.15) is 13.8 Å². The van der Waals surface area contributed by atoms with E-state index in [0.717, 1.165) is 0 Å². The average molecular weight is 199 g/mol. The molecule has 1 N–H and O–H groups in total. The molecule has 0 aromatic carbocycles. The quantitative estimate of drug-likeness (QED) is 0.424. The number of aliphatic hydroxyl groups is 1. The molecule has 12 heavy (non-hydrogen) atoms. The standard InChI is InChI=1S/C6H14N2O.C2H6.K/c1-7-4-6(5-9)8(2)3;1-2;/h6,9H,2,4-5H2,1,3H3;1-2H3;/q-2;;+1/t6-;;/m1../s1. The maximum atomic E-state index is 8.69. The molecule has 0 aromatic heterocycles. The van der Waals surface area contributed by atoms with Crippen LogP contribution in [0.25, 0.3) is 5.32 Å². The molecule has 0 amide bonds. The van der Waals surface area contributed by atoms with E-state index in [4.69, 9.17) is 5.11 Å². The molecule has 0 spiro atoms. The van der Waals surface area contributed by atoms with Gasteiger partial charge >= 0.3 is 51.4 Å². The summed E-state index contributed by atoms with van der Waals surface area (Å²) in [6, 6.07) is 0.0787. The van der Waals surface area contributed by atoms with Crippen LogP contribution in [-0.4, -0.2) is 43.3 Å². The fourth-order valence-corrected chi connectivity index (χ4v) is 0.547. The molecule has 0 saturated heterocycles. The molecule has 0 radical (unpaired) electrons. The summed E-state index contributed by atoms with van der Waals surface area (Å²) in [5.41, 5.74) is 0. The second-order valence-electron chi connectivity index (χ2n) is 2.09. The SMILES string of the molecule is CC.[CH2-]N(C)[C@@H](CO)C[N-]C.[K+]. The molecule has 0 aliphatic carbocycles. The van der Waals surface area contributed by atoms with Crippen LogP contribution in [0.3, 0.4) is 0 Å². The fourth-order valence-electron chi connectivity index (χ4n) is 0.547. The largest absolute Gasteiger partial charge is 1.00 e. The molecule has 0 aliphatic rings. The van der Waals surface area contributed by atoms with Gasteiger partial charge < -0.3 is 15.3 Å². The van der Waals surface area contributed by atoms with Crippen LogP contribution in [0.4, 0.5) is 0 Å². The summed E-state index contributed by atoms with van der Waals surface area (Å²) in [4.78, 5) is 1.72. The Morgan fingerprint density at radius 3 is 2.00 bits per heavy atom. The van der Waals surface area contributed by atoms with Gasteiger partial charge in [0.05, 0.1) is 6.61 Å². The number of hydrogen-bond donors (Lipinski definition) is 1. The molecular weight excluding hydrogens is 179 g/mol. The van der Waals surface area contributed by atoms with Crippen molar-refractivity contribution in [1.29, 1.82) is 0 Å². The van der Waals surface area contributed by atoms with E-state index in [1.807, 2.05) is 20.9 Å².